The third kappa shape index (κ3) is 8.45. The molecule has 5 nitrogen and oxygen atoms in total. The van der Waals surface area contributed by atoms with Gasteiger partial charge in [0.25, 0.3) is 0 Å². The van der Waals surface area contributed by atoms with Gasteiger partial charge < -0.3 is 20.5 Å². The van der Waals surface area contributed by atoms with E-state index in [-0.39, 0.29) is 12.0 Å². The summed E-state index contributed by atoms with van der Waals surface area (Å²) in [7, 11) is 0. The zero-order valence-electron chi connectivity index (χ0n) is 12.9. The van der Waals surface area contributed by atoms with Gasteiger partial charge in [-0.3, -0.25) is 4.79 Å². The number of ether oxygens (including phenoxy) is 2. The van der Waals surface area contributed by atoms with E-state index in [2.05, 4.69) is 5.32 Å². The number of benzene rings is 1. The Morgan fingerprint density at radius 2 is 1.90 bits per heavy atom. The van der Waals surface area contributed by atoms with E-state index < -0.39 is 0 Å². The second-order valence-electron chi connectivity index (χ2n) is 5.08. The molecule has 1 aromatic carbocycles. The second-order valence-corrected chi connectivity index (χ2v) is 5.08. The normalized spacial score (nSPS) is 10.9. The van der Waals surface area contributed by atoms with Crippen molar-refractivity contribution in [1.29, 1.82) is 0 Å². The van der Waals surface area contributed by atoms with Gasteiger partial charge in [-0.05, 0) is 38.0 Å². The van der Waals surface area contributed by atoms with Gasteiger partial charge in [0.2, 0.25) is 5.91 Å². The molecular formula is C16H26N2O3. The summed E-state index contributed by atoms with van der Waals surface area (Å²) in [5, 5.41) is 2.85. The minimum Gasteiger partial charge on any atom is -0.379 e. The van der Waals surface area contributed by atoms with Crippen LogP contribution in [0.25, 0.3) is 0 Å². The quantitative estimate of drug-likeness (QED) is 0.649. The van der Waals surface area contributed by atoms with Crippen molar-refractivity contribution in [1.82, 2.24) is 0 Å². The molecule has 1 amide bonds. The average molecular weight is 294 g/mol. The fourth-order valence-electron chi connectivity index (χ4n) is 1.73. The van der Waals surface area contributed by atoms with Crippen LogP contribution in [0.4, 0.5) is 5.69 Å². The number of amides is 1. The van der Waals surface area contributed by atoms with Crippen molar-refractivity contribution < 1.29 is 14.3 Å². The molecule has 0 saturated heterocycles. The van der Waals surface area contributed by atoms with Crippen LogP contribution >= 0.6 is 0 Å². The van der Waals surface area contributed by atoms with Gasteiger partial charge in [-0.2, -0.15) is 0 Å². The highest BCUT2D eigenvalue weighted by atomic mass is 16.5. The van der Waals surface area contributed by atoms with Gasteiger partial charge in [0.15, 0.2) is 0 Å². The molecule has 0 aliphatic heterocycles. The van der Waals surface area contributed by atoms with E-state index >= 15 is 0 Å². The molecule has 0 aliphatic rings. The first-order chi connectivity index (χ1) is 10.1. The molecule has 0 spiro atoms. The van der Waals surface area contributed by atoms with E-state index in [4.69, 9.17) is 15.2 Å². The Labute approximate surface area is 126 Å². The third-order valence-electron chi connectivity index (χ3n) is 2.84. The molecule has 21 heavy (non-hydrogen) atoms. The Kier molecular flexibility index (Phi) is 8.66. The van der Waals surface area contributed by atoms with Crippen LogP contribution in [0.5, 0.6) is 0 Å². The van der Waals surface area contributed by atoms with Gasteiger partial charge in [-0.25, -0.2) is 0 Å². The number of nitrogens with one attached hydrogen (secondary N) is 1. The molecule has 0 fully saturated rings. The smallest absolute Gasteiger partial charge is 0.224 e. The Morgan fingerprint density at radius 3 is 2.52 bits per heavy atom. The highest BCUT2D eigenvalue weighted by molar-refractivity contribution is 5.90. The van der Waals surface area contributed by atoms with Gasteiger partial charge >= 0.3 is 0 Å². The molecule has 118 valence electrons. The van der Waals surface area contributed by atoms with Crippen LogP contribution in [0, 0.1) is 0 Å². The standard InChI is InChI=1S/C16H26N2O3/c1-13(2)21-11-10-20-9-3-4-16(19)18-15-7-5-14(12-17)6-8-15/h5-8,13H,3-4,9-12,17H2,1-2H3,(H,18,19). The summed E-state index contributed by atoms with van der Waals surface area (Å²) < 4.78 is 10.8. The number of carbonyl (C=O) groups is 1. The highest BCUT2D eigenvalue weighted by Gasteiger charge is 2.02. The first-order valence-corrected chi connectivity index (χ1v) is 7.40. The SMILES string of the molecule is CC(C)OCCOCCCC(=O)Nc1ccc(CN)cc1. The number of hydrogen-bond acceptors (Lipinski definition) is 4. The monoisotopic (exact) mass is 294 g/mol. The van der Waals surface area contributed by atoms with Gasteiger partial charge in [-0.1, -0.05) is 12.1 Å². The maximum absolute atomic E-state index is 11.7. The molecule has 0 bridgehead atoms. The molecule has 3 N–H and O–H groups in total. The minimum atomic E-state index is -0.00229. The summed E-state index contributed by atoms with van der Waals surface area (Å²) in [5.74, 6) is -0.00229. The maximum Gasteiger partial charge on any atom is 0.224 e. The van der Waals surface area contributed by atoms with Crippen LogP contribution in [-0.2, 0) is 20.8 Å². The zero-order chi connectivity index (χ0) is 15.5. The minimum absolute atomic E-state index is 0.00229. The third-order valence-corrected chi connectivity index (χ3v) is 2.84. The van der Waals surface area contributed by atoms with Crippen molar-refractivity contribution in [3.05, 3.63) is 29.8 Å². The summed E-state index contributed by atoms with van der Waals surface area (Å²) in [5.41, 5.74) is 7.36. The van der Waals surface area contributed by atoms with Crippen LogP contribution in [0.3, 0.4) is 0 Å². The topological polar surface area (TPSA) is 73.6 Å². The summed E-state index contributed by atoms with van der Waals surface area (Å²) in [6.07, 6.45) is 1.38. The zero-order valence-corrected chi connectivity index (χ0v) is 12.9. The fraction of sp³-hybridized carbons (Fsp3) is 0.562. The number of anilines is 1. The van der Waals surface area contributed by atoms with Gasteiger partial charge in [0.05, 0.1) is 19.3 Å². The van der Waals surface area contributed by atoms with Crippen molar-refractivity contribution in [2.24, 2.45) is 5.73 Å². The molecule has 5 heteroatoms. The highest BCUT2D eigenvalue weighted by Crippen LogP contribution is 2.09. The number of nitrogens with two attached hydrogens (primary N) is 1. The summed E-state index contributed by atoms with van der Waals surface area (Å²) in [6.45, 7) is 6.22. The number of carbonyl (C=O) groups excluding carboxylic acids is 1. The van der Waals surface area contributed by atoms with Crippen LogP contribution in [0.1, 0.15) is 32.3 Å². The van der Waals surface area contributed by atoms with Crippen molar-refractivity contribution in [3.8, 4) is 0 Å². The molecule has 0 aliphatic carbocycles. The lowest BCUT2D eigenvalue weighted by Crippen LogP contribution is -2.13. The molecule has 1 rings (SSSR count). The first kappa shape index (κ1) is 17.6. The van der Waals surface area contributed by atoms with E-state index in [9.17, 15) is 4.79 Å². The molecule has 1 aromatic rings. The average Bonchev–Trinajstić information content (AvgIpc) is 2.46. The molecule has 0 radical (unpaired) electrons. The summed E-state index contributed by atoms with van der Waals surface area (Å²) in [6, 6.07) is 7.54. The molecular weight excluding hydrogens is 268 g/mol. The Bertz CT molecular complexity index is 404. The van der Waals surface area contributed by atoms with Crippen molar-refractivity contribution in [2.75, 3.05) is 25.1 Å². The van der Waals surface area contributed by atoms with E-state index in [0.717, 1.165) is 11.3 Å². The van der Waals surface area contributed by atoms with Crippen molar-refractivity contribution in [3.63, 3.8) is 0 Å². The molecule has 0 atom stereocenters. The van der Waals surface area contributed by atoms with Gasteiger partial charge in [0.1, 0.15) is 0 Å². The lowest BCUT2D eigenvalue weighted by Gasteiger charge is -2.08. The maximum atomic E-state index is 11.7. The largest absolute Gasteiger partial charge is 0.379 e. The lowest BCUT2D eigenvalue weighted by atomic mass is 10.2. The fourth-order valence-corrected chi connectivity index (χ4v) is 1.73. The summed E-state index contributed by atoms with van der Waals surface area (Å²) >= 11 is 0. The van der Waals surface area contributed by atoms with Gasteiger partial charge in [-0.15, -0.1) is 0 Å². The predicted molar refractivity (Wildman–Crippen MR) is 84.1 cm³/mol. The van der Waals surface area contributed by atoms with Gasteiger partial charge in [0, 0.05) is 25.3 Å². The van der Waals surface area contributed by atoms with E-state index in [1.54, 1.807) is 0 Å². The first-order valence-electron chi connectivity index (χ1n) is 7.40. The molecule has 0 unspecified atom stereocenters. The Balaban J connectivity index is 2.08. The van der Waals surface area contributed by atoms with Crippen molar-refractivity contribution >= 4 is 11.6 Å². The number of hydrogen-bond donors (Lipinski definition) is 2. The van der Waals surface area contributed by atoms with Crippen LogP contribution in [0.15, 0.2) is 24.3 Å². The van der Waals surface area contributed by atoms with E-state index in [0.29, 0.717) is 39.2 Å². The lowest BCUT2D eigenvalue weighted by molar-refractivity contribution is -0.116. The van der Waals surface area contributed by atoms with E-state index in [1.807, 2.05) is 38.1 Å². The Morgan fingerprint density at radius 1 is 1.19 bits per heavy atom. The molecule has 0 heterocycles. The van der Waals surface area contributed by atoms with Crippen molar-refractivity contribution in [2.45, 2.75) is 39.3 Å². The van der Waals surface area contributed by atoms with Crippen LogP contribution in [0.2, 0.25) is 0 Å². The summed E-state index contributed by atoms with van der Waals surface area (Å²) in [4.78, 5) is 11.7. The van der Waals surface area contributed by atoms with E-state index in [1.165, 1.54) is 0 Å². The second kappa shape index (κ2) is 10.3. The Hall–Kier alpha value is -1.43. The van der Waals surface area contributed by atoms with Crippen LogP contribution < -0.4 is 11.1 Å². The number of rotatable bonds is 10. The molecule has 0 saturated carbocycles. The van der Waals surface area contributed by atoms with Crippen LogP contribution in [-0.4, -0.2) is 31.8 Å². The predicted octanol–water partition coefficient (Wildman–Crippen LogP) is 2.31. The molecule has 0 aromatic heterocycles.